The van der Waals surface area contributed by atoms with Crippen LogP contribution in [0.1, 0.15) is 28.2 Å². The molecule has 0 saturated carbocycles. The lowest BCUT2D eigenvalue weighted by Crippen LogP contribution is -2.49. The number of rotatable bonds is 4. The van der Waals surface area contributed by atoms with Crippen LogP contribution < -0.4 is 0 Å². The summed E-state index contributed by atoms with van der Waals surface area (Å²) in [6.45, 7) is 4.98. The van der Waals surface area contributed by atoms with E-state index in [1.807, 2.05) is 54.8 Å². The molecule has 25 heavy (non-hydrogen) atoms. The number of ether oxygens (including phenoxy) is 1. The molecule has 1 aliphatic rings. The molecule has 1 atom stereocenters. The molecule has 0 bridgehead atoms. The van der Waals surface area contributed by atoms with E-state index in [2.05, 4.69) is 0 Å². The summed E-state index contributed by atoms with van der Waals surface area (Å²) in [5.74, 6) is -1.06. The third-order valence-corrected chi connectivity index (χ3v) is 4.57. The molecule has 1 aromatic heterocycles. The first-order chi connectivity index (χ1) is 12.0. The van der Waals surface area contributed by atoms with Crippen LogP contribution in [0.15, 0.2) is 36.4 Å². The predicted octanol–water partition coefficient (Wildman–Crippen LogP) is 2.41. The maximum atomic E-state index is 13.1. The molecule has 1 fully saturated rings. The fraction of sp³-hybridized carbons (Fsp3) is 0.368. The van der Waals surface area contributed by atoms with E-state index in [1.165, 1.54) is 0 Å². The topological polar surface area (TPSA) is 71.8 Å². The van der Waals surface area contributed by atoms with Crippen molar-refractivity contribution < 1.29 is 19.4 Å². The molecule has 0 radical (unpaired) electrons. The van der Waals surface area contributed by atoms with Gasteiger partial charge in [0.05, 0.1) is 31.2 Å². The Hall–Kier alpha value is -2.60. The summed E-state index contributed by atoms with van der Waals surface area (Å²) in [5, 5.41) is 9.09. The van der Waals surface area contributed by atoms with Crippen molar-refractivity contribution in [2.45, 2.75) is 26.3 Å². The van der Waals surface area contributed by atoms with Crippen molar-refractivity contribution in [3.05, 3.63) is 53.3 Å². The van der Waals surface area contributed by atoms with E-state index < -0.39 is 12.0 Å². The summed E-state index contributed by atoms with van der Waals surface area (Å²) in [6, 6.07) is 11.3. The Morgan fingerprint density at radius 2 is 1.96 bits per heavy atom. The highest BCUT2D eigenvalue weighted by molar-refractivity contribution is 5.96. The van der Waals surface area contributed by atoms with Crippen LogP contribution in [0.2, 0.25) is 0 Å². The van der Waals surface area contributed by atoms with Crippen molar-refractivity contribution >= 4 is 11.9 Å². The maximum Gasteiger partial charge on any atom is 0.305 e. The Morgan fingerprint density at radius 1 is 1.24 bits per heavy atom. The Morgan fingerprint density at radius 3 is 2.64 bits per heavy atom. The number of morpholine rings is 1. The molecule has 3 rings (SSSR count). The number of aliphatic carboxylic acids is 1. The van der Waals surface area contributed by atoms with Crippen molar-refractivity contribution in [2.24, 2.45) is 0 Å². The molecule has 1 N–H and O–H groups in total. The lowest BCUT2D eigenvalue weighted by atomic mass is 10.1. The largest absolute Gasteiger partial charge is 0.481 e. The van der Waals surface area contributed by atoms with Crippen molar-refractivity contribution in [3.63, 3.8) is 0 Å². The van der Waals surface area contributed by atoms with Crippen LogP contribution in [0.3, 0.4) is 0 Å². The van der Waals surface area contributed by atoms with Gasteiger partial charge in [-0.25, -0.2) is 0 Å². The summed E-state index contributed by atoms with van der Waals surface area (Å²) in [6.07, 6.45) is -0.108. The van der Waals surface area contributed by atoms with Gasteiger partial charge in [-0.15, -0.1) is 0 Å². The van der Waals surface area contributed by atoms with E-state index in [-0.39, 0.29) is 18.9 Å². The number of amides is 1. The zero-order valence-electron chi connectivity index (χ0n) is 14.4. The standard InChI is InChI=1S/C19H22N2O4/c1-13-10-17(14(2)21(13)15-6-4-3-5-7-15)19(24)20-8-9-25-12-16(20)11-18(22)23/h3-7,10,16H,8-9,11-12H2,1-2H3,(H,22,23)/t16-/m0/s1. The number of carboxylic acids is 1. The Balaban J connectivity index is 1.93. The molecule has 1 amide bonds. The van der Waals surface area contributed by atoms with E-state index in [4.69, 9.17) is 9.84 Å². The first kappa shape index (κ1) is 17.2. The molecule has 2 heterocycles. The molecule has 0 spiro atoms. The third kappa shape index (κ3) is 3.44. The summed E-state index contributed by atoms with van der Waals surface area (Å²) in [7, 11) is 0. The van der Waals surface area contributed by atoms with Gasteiger partial charge in [-0.3, -0.25) is 9.59 Å². The number of benzene rings is 1. The molecule has 6 heteroatoms. The second-order valence-corrected chi connectivity index (χ2v) is 6.28. The minimum Gasteiger partial charge on any atom is -0.481 e. The van der Waals surface area contributed by atoms with Crippen LogP contribution in [0.25, 0.3) is 5.69 Å². The Kier molecular flexibility index (Phi) is 4.90. The van der Waals surface area contributed by atoms with Gasteiger partial charge in [0.15, 0.2) is 0 Å². The van der Waals surface area contributed by atoms with Gasteiger partial charge in [-0.2, -0.15) is 0 Å². The van der Waals surface area contributed by atoms with E-state index in [0.29, 0.717) is 18.7 Å². The molecular weight excluding hydrogens is 320 g/mol. The van der Waals surface area contributed by atoms with Gasteiger partial charge >= 0.3 is 5.97 Å². The maximum absolute atomic E-state index is 13.1. The SMILES string of the molecule is Cc1cc(C(=O)N2CCOC[C@@H]2CC(=O)O)c(C)n1-c1ccccc1. The lowest BCUT2D eigenvalue weighted by Gasteiger charge is -2.34. The van der Waals surface area contributed by atoms with Crippen LogP contribution in [0.4, 0.5) is 0 Å². The monoisotopic (exact) mass is 342 g/mol. The molecule has 2 aromatic rings. The number of nitrogens with zero attached hydrogens (tertiary/aromatic N) is 2. The summed E-state index contributed by atoms with van der Waals surface area (Å²) < 4.78 is 7.41. The second kappa shape index (κ2) is 7.11. The van der Waals surface area contributed by atoms with E-state index in [9.17, 15) is 9.59 Å². The number of carbonyl (C=O) groups excluding carboxylic acids is 1. The fourth-order valence-corrected chi connectivity index (χ4v) is 3.40. The molecule has 1 aliphatic heterocycles. The van der Waals surface area contributed by atoms with Gasteiger partial charge in [0, 0.05) is 23.6 Å². The van der Waals surface area contributed by atoms with Crippen molar-refractivity contribution in [2.75, 3.05) is 19.8 Å². The zero-order valence-corrected chi connectivity index (χ0v) is 14.4. The molecule has 0 aliphatic carbocycles. The molecule has 6 nitrogen and oxygen atoms in total. The van der Waals surface area contributed by atoms with E-state index in [0.717, 1.165) is 17.1 Å². The highest BCUT2D eigenvalue weighted by Crippen LogP contribution is 2.24. The van der Waals surface area contributed by atoms with Crippen molar-refractivity contribution in [1.29, 1.82) is 0 Å². The van der Waals surface area contributed by atoms with E-state index in [1.54, 1.807) is 4.90 Å². The van der Waals surface area contributed by atoms with Gasteiger partial charge in [0.1, 0.15) is 0 Å². The number of hydrogen-bond acceptors (Lipinski definition) is 3. The Labute approximate surface area is 146 Å². The van der Waals surface area contributed by atoms with Gasteiger partial charge in [-0.1, -0.05) is 18.2 Å². The number of para-hydroxylation sites is 1. The summed E-state index contributed by atoms with van der Waals surface area (Å²) in [5.41, 5.74) is 3.43. The van der Waals surface area contributed by atoms with Crippen LogP contribution in [0, 0.1) is 13.8 Å². The normalized spacial score (nSPS) is 17.5. The Bertz CT molecular complexity index is 782. The highest BCUT2D eigenvalue weighted by Gasteiger charge is 2.31. The van der Waals surface area contributed by atoms with Crippen LogP contribution >= 0.6 is 0 Å². The second-order valence-electron chi connectivity index (χ2n) is 6.28. The number of carbonyl (C=O) groups is 2. The molecule has 0 unspecified atom stereocenters. The molecule has 1 saturated heterocycles. The van der Waals surface area contributed by atoms with Crippen LogP contribution in [0.5, 0.6) is 0 Å². The minimum absolute atomic E-state index is 0.108. The smallest absolute Gasteiger partial charge is 0.305 e. The number of aryl methyl sites for hydroxylation is 1. The average Bonchev–Trinajstić information content (AvgIpc) is 2.89. The first-order valence-corrected chi connectivity index (χ1v) is 8.34. The van der Waals surface area contributed by atoms with Gasteiger partial charge < -0.3 is 19.3 Å². The molecule has 132 valence electrons. The van der Waals surface area contributed by atoms with Crippen molar-refractivity contribution in [1.82, 2.24) is 9.47 Å². The quantitative estimate of drug-likeness (QED) is 0.926. The number of hydrogen-bond donors (Lipinski definition) is 1. The van der Waals surface area contributed by atoms with Gasteiger partial charge in [0.2, 0.25) is 0 Å². The predicted molar refractivity (Wildman–Crippen MR) is 93.1 cm³/mol. The van der Waals surface area contributed by atoms with Crippen LogP contribution in [-0.4, -0.2) is 52.3 Å². The third-order valence-electron chi connectivity index (χ3n) is 4.57. The van der Waals surface area contributed by atoms with Gasteiger partial charge in [-0.05, 0) is 32.0 Å². The summed E-state index contributed by atoms with van der Waals surface area (Å²) in [4.78, 5) is 25.8. The van der Waals surface area contributed by atoms with Crippen molar-refractivity contribution in [3.8, 4) is 5.69 Å². The number of aromatic nitrogens is 1. The lowest BCUT2D eigenvalue weighted by molar-refractivity contribution is -0.139. The summed E-state index contributed by atoms with van der Waals surface area (Å²) >= 11 is 0. The van der Waals surface area contributed by atoms with Crippen LogP contribution in [-0.2, 0) is 9.53 Å². The average molecular weight is 342 g/mol. The molecule has 1 aromatic carbocycles. The fourth-order valence-electron chi connectivity index (χ4n) is 3.40. The number of carboxylic acid groups (broad SMARTS) is 1. The first-order valence-electron chi connectivity index (χ1n) is 8.34. The molecular formula is C19H22N2O4. The van der Waals surface area contributed by atoms with Gasteiger partial charge in [0.25, 0.3) is 5.91 Å². The highest BCUT2D eigenvalue weighted by atomic mass is 16.5. The van der Waals surface area contributed by atoms with E-state index >= 15 is 0 Å². The minimum atomic E-state index is -0.928. The zero-order chi connectivity index (χ0) is 18.0.